The molecular weight excluding hydrogens is 231 g/mol. The lowest BCUT2D eigenvalue weighted by Gasteiger charge is -2.02. The molecule has 0 fully saturated rings. The number of nitrogens with zero attached hydrogens (tertiary/aromatic N) is 1. The summed E-state index contributed by atoms with van der Waals surface area (Å²) in [4.78, 5) is 32.3. The molecule has 17 heavy (non-hydrogen) atoms. The Morgan fingerprint density at radius 1 is 1.47 bits per heavy atom. The number of H-pyrrole nitrogens is 1. The van der Waals surface area contributed by atoms with Crippen molar-refractivity contribution in [1.29, 1.82) is 0 Å². The maximum absolute atomic E-state index is 11.8. The van der Waals surface area contributed by atoms with Gasteiger partial charge in [-0.1, -0.05) is 0 Å². The lowest BCUT2D eigenvalue weighted by Crippen LogP contribution is -2.17. The minimum atomic E-state index is -1.36. The van der Waals surface area contributed by atoms with Crippen LogP contribution in [-0.2, 0) is 4.94 Å². The van der Waals surface area contributed by atoms with Crippen molar-refractivity contribution in [1.82, 2.24) is 9.97 Å². The summed E-state index contributed by atoms with van der Waals surface area (Å²) in [5.41, 5.74) is -0.792. The second-order valence-corrected chi connectivity index (χ2v) is 3.15. The maximum Gasteiger partial charge on any atom is 0.385 e. The van der Waals surface area contributed by atoms with Crippen LogP contribution in [0.1, 0.15) is 10.4 Å². The number of methoxy groups -OCH3 is 1. The van der Waals surface area contributed by atoms with Gasteiger partial charge in [0, 0.05) is 16.8 Å². The van der Waals surface area contributed by atoms with E-state index in [1.165, 1.54) is 7.11 Å². The number of carbonyl (C=O) groups is 1. The Morgan fingerprint density at radius 3 is 2.88 bits per heavy atom. The SMILES string of the molecule is COc1ccc2[nH]cc(C(=O)OF)c(=O)c2n1. The second kappa shape index (κ2) is 4.20. The summed E-state index contributed by atoms with van der Waals surface area (Å²) in [6.45, 7) is 0. The van der Waals surface area contributed by atoms with Gasteiger partial charge in [-0.25, -0.2) is 14.7 Å². The number of nitrogens with one attached hydrogen (secondary N) is 1. The number of fused-ring (bicyclic) bond motifs is 1. The molecule has 6 nitrogen and oxygen atoms in total. The standard InChI is InChI=1S/C10H7FN2O4/c1-16-7-3-2-6-8(13-7)9(14)5(4-12-6)10(15)17-11/h2-4H,1H3,(H,12,14). The Hall–Kier alpha value is -2.44. The van der Waals surface area contributed by atoms with Gasteiger partial charge < -0.3 is 9.72 Å². The van der Waals surface area contributed by atoms with Gasteiger partial charge in [-0.05, 0) is 6.07 Å². The molecule has 0 aliphatic heterocycles. The van der Waals surface area contributed by atoms with Gasteiger partial charge in [0.05, 0.1) is 12.6 Å². The summed E-state index contributed by atoms with van der Waals surface area (Å²) in [5.74, 6) is -1.15. The number of ether oxygens (including phenoxy) is 1. The summed E-state index contributed by atoms with van der Waals surface area (Å²) < 4.78 is 16.6. The summed E-state index contributed by atoms with van der Waals surface area (Å²) in [6, 6.07) is 3.11. The van der Waals surface area contributed by atoms with E-state index in [0.717, 1.165) is 6.20 Å². The average Bonchev–Trinajstić information content (AvgIpc) is 2.38. The van der Waals surface area contributed by atoms with E-state index in [1.807, 2.05) is 0 Å². The zero-order valence-corrected chi connectivity index (χ0v) is 8.69. The molecule has 7 heteroatoms. The molecule has 2 heterocycles. The highest BCUT2D eigenvalue weighted by Gasteiger charge is 2.16. The number of hydrogen-bond donors (Lipinski definition) is 1. The maximum atomic E-state index is 11.8. The van der Waals surface area contributed by atoms with Crippen molar-refractivity contribution < 1.29 is 19.0 Å². The number of pyridine rings is 2. The van der Waals surface area contributed by atoms with Crippen molar-refractivity contribution in [3.8, 4) is 5.88 Å². The fourth-order valence-corrected chi connectivity index (χ4v) is 1.38. The molecule has 2 rings (SSSR count). The van der Waals surface area contributed by atoms with Crippen LogP contribution in [0.4, 0.5) is 4.53 Å². The molecular formula is C10H7FN2O4. The average molecular weight is 238 g/mol. The number of rotatable bonds is 2. The van der Waals surface area contributed by atoms with Gasteiger partial charge in [0.25, 0.3) is 0 Å². The smallest absolute Gasteiger partial charge is 0.385 e. The molecule has 0 aromatic carbocycles. The molecule has 1 N–H and O–H groups in total. The second-order valence-electron chi connectivity index (χ2n) is 3.15. The van der Waals surface area contributed by atoms with Crippen LogP contribution in [0.25, 0.3) is 11.0 Å². The molecule has 0 spiro atoms. The Morgan fingerprint density at radius 2 is 2.24 bits per heavy atom. The minimum absolute atomic E-state index is 0.0211. The van der Waals surface area contributed by atoms with E-state index in [2.05, 4.69) is 14.9 Å². The topological polar surface area (TPSA) is 81.3 Å². The summed E-state index contributed by atoms with van der Waals surface area (Å²) in [6.07, 6.45) is 1.07. The molecule has 0 atom stereocenters. The third kappa shape index (κ3) is 1.82. The molecule has 0 aliphatic carbocycles. The van der Waals surface area contributed by atoms with Crippen molar-refractivity contribution >= 4 is 17.0 Å². The molecule has 0 saturated carbocycles. The van der Waals surface area contributed by atoms with Crippen molar-refractivity contribution in [3.05, 3.63) is 34.1 Å². The van der Waals surface area contributed by atoms with Gasteiger partial charge in [0.1, 0.15) is 11.1 Å². The first-order chi connectivity index (χ1) is 8.17. The van der Waals surface area contributed by atoms with Crippen molar-refractivity contribution in [2.75, 3.05) is 7.11 Å². The van der Waals surface area contributed by atoms with E-state index in [9.17, 15) is 14.1 Å². The zero-order valence-electron chi connectivity index (χ0n) is 8.69. The number of aromatic amines is 1. The van der Waals surface area contributed by atoms with Crippen LogP contribution in [0.2, 0.25) is 0 Å². The molecule has 88 valence electrons. The number of aromatic nitrogens is 2. The first-order valence-electron chi connectivity index (χ1n) is 4.56. The molecule has 0 unspecified atom stereocenters. The van der Waals surface area contributed by atoms with Gasteiger partial charge in [0.15, 0.2) is 0 Å². The van der Waals surface area contributed by atoms with Crippen LogP contribution in [0.3, 0.4) is 0 Å². The molecule has 2 aromatic heterocycles. The zero-order chi connectivity index (χ0) is 12.4. The normalized spacial score (nSPS) is 10.2. The van der Waals surface area contributed by atoms with E-state index in [0.29, 0.717) is 5.52 Å². The van der Waals surface area contributed by atoms with Gasteiger partial charge in [-0.3, -0.25) is 4.79 Å². The first kappa shape index (κ1) is 11.1. The quantitative estimate of drug-likeness (QED) is 0.843. The van der Waals surface area contributed by atoms with Gasteiger partial charge >= 0.3 is 5.97 Å². The lowest BCUT2D eigenvalue weighted by molar-refractivity contribution is -0.0789. The largest absolute Gasteiger partial charge is 0.481 e. The Kier molecular flexibility index (Phi) is 2.73. The van der Waals surface area contributed by atoms with Crippen molar-refractivity contribution in [3.63, 3.8) is 0 Å². The van der Waals surface area contributed by atoms with E-state index in [4.69, 9.17) is 4.74 Å². The third-order valence-corrected chi connectivity index (χ3v) is 2.20. The van der Waals surface area contributed by atoms with Crippen molar-refractivity contribution in [2.45, 2.75) is 0 Å². The molecule has 0 radical (unpaired) electrons. The van der Waals surface area contributed by atoms with Crippen LogP contribution in [0, 0.1) is 0 Å². The van der Waals surface area contributed by atoms with E-state index in [-0.39, 0.29) is 11.4 Å². The Bertz CT molecular complexity index is 638. The van der Waals surface area contributed by atoms with Gasteiger partial charge in [-0.2, -0.15) is 0 Å². The highest BCUT2D eigenvalue weighted by molar-refractivity contribution is 5.92. The fourth-order valence-electron chi connectivity index (χ4n) is 1.38. The highest BCUT2D eigenvalue weighted by Crippen LogP contribution is 2.12. The lowest BCUT2D eigenvalue weighted by atomic mass is 10.2. The minimum Gasteiger partial charge on any atom is -0.481 e. The summed E-state index contributed by atoms with van der Waals surface area (Å²) in [7, 11) is 1.39. The van der Waals surface area contributed by atoms with Gasteiger partial charge in [-0.15, -0.1) is 0 Å². The number of hydrogen-bond acceptors (Lipinski definition) is 5. The van der Waals surface area contributed by atoms with Crippen LogP contribution in [0.15, 0.2) is 23.1 Å². The highest BCUT2D eigenvalue weighted by atomic mass is 19.3. The Balaban J connectivity index is 2.73. The Labute approximate surface area is 93.9 Å². The summed E-state index contributed by atoms with van der Waals surface area (Å²) in [5, 5.41) is 0. The summed E-state index contributed by atoms with van der Waals surface area (Å²) >= 11 is 0. The first-order valence-corrected chi connectivity index (χ1v) is 4.56. The number of halogens is 1. The van der Waals surface area contributed by atoms with Crippen LogP contribution < -0.4 is 10.2 Å². The van der Waals surface area contributed by atoms with Crippen LogP contribution in [0.5, 0.6) is 5.88 Å². The monoisotopic (exact) mass is 238 g/mol. The molecule has 0 amide bonds. The van der Waals surface area contributed by atoms with E-state index < -0.39 is 17.0 Å². The predicted octanol–water partition coefficient (Wildman–Crippen LogP) is 0.973. The predicted molar refractivity (Wildman–Crippen MR) is 55.4 cm³/mol. The molecule has 0 aliphatic rings. The fraction of sp³-hybridized carbons (Fsp3) is 0.100. The van der Waals surface area contributed by atoms with Crippen molar-refractivity contribution in [2.24, 2.45) is 0 Å². The third-order valence-electron chi connectivity index (χ3n) is 2.20. The number of carbonyl (C=O) groups excluding carboxylic acids is 1. The van der Waals surface area contributed by atoms with Gasteiger partial charge in [0.2, 0.25) is 11.3 Å². The van der Waals surface area contributed by atoms with Crippen LogP contribution in [-0.4, -0.2) is 23.0 Å². The van der Waals surface area contributed by atoms with Crippen LogP contribution >= 0.6 is 0 Å². The van der Waals surface area contributed by atoms with E-state index >= 15 is 0 Å². The molecule has 0 bridgehead atoms. The molecule has 0 saturated heterocycles. The molecule has 2 aromatic rings. The van der Waals surface area contributed by atoms with E-state index in [1.54, 1.807) is 12.1 Å².